The first-order valence-electron chi connectivity index (χ1n) is 8.59. The van der Waals surface area contributed by atoms with Gasteiger partial charge in [0.25, 0.3) is 5.91 Å². The molecule has 0 aliphatic carbocycles. The van der Waals surface area contributed by atoms with Crippen LogP contribution in [0.1, 0.15) is 31.6 Å². The van der Waals surface area contributed by atoms with E-state index in [-0.39, 0.29) is 24.0 Å². The highest BCUT2D eigenvalue weighted by Gasteiger charge is 2.30. The predicted octanol–water partition coefficient (Wildman–Crippen LogP) is 0.780. The number of carbonyl (C=O) groups excluding carboxylic acids is 2. The molecular formula is C17H25N3O4. The van der Waals surface area contributed by atoms with Gasteiger partial charge in [-0.1, -0.05) is 0 Å². The van der Waals surface area contributed by atoms with E-state index in [2.05, 4.69) is 10.2 Å². The first kappa shape index (κ1) is 17.0. The highest BCUT2D eigenvalue weighted by molar-refractivity contribution is 5.81. The van der Waals surface area contributed by atoms with Crippen LogP contribution in [0.2, 0.25) is 0 Å². The second kappa shape index (κ2) is 7.81. The Hall–Kier alpha value is -1.86. The first-order chi connectivity index (χ1) is 11.6. The molecule has 1 aromatic rings. The van der Waals surface area contributed by atoms with Crippen LogP contribution in [-0.4, -0.2) is 67.0 Å². The first-order valence-corrected chi connectivity index (χ1v) is 8.59. The SMILES string of the molecule is CC(NC(=O)CN1CCN(C(=O)C2CCCO2)CC1)c1ccco1. The minimum Gasteiger partial charge on any atom is -0.467 e. The zero-order chi connectivity index (χ0) is 16.9. The van der Waals surface area contributed by atoms with E-state index in [0.717, 1.165) is 18.6 Å². The van der Waals surface area contributed by atoms with Crippen molar-refractivity contribution < 1.29 is 18.7 Å². The van der Waals surface area contributed by atoms with Crippen molar-refractivity contribution in [1.29, 1.82) is 0 Å². The Morgan fingerprint density at radius 3 is 2.75 bits per heavy atom. The fourth-order valence-corrected chi connectivity index (χ4v) is 3.20. The lowest BCUT2D eigenvalue weighted by Crippen LogP contribution is -2.53. The maximum absolute atomic E-state index is 12.3. The van der Waals surface area contributed by atoms with Gasteiger partial charge in [-0.25, -0.2) is 0 Å². The van der Waals surface area contributed by atoms with Crippen LogP contribution in [0.15, 0.2) is 22.8 Å². The summed E-state index contributed by atoms with van der Waals surface area (Å²) in [5.74, 6) is 0.816. The van der Waals surface area contributed by atoms with Crippen LogP contribution < -0.4 is 5.32 Å². The predicted molar refractivity (Wildman–Crippen MR) is 87.3 cm³/mol. The third-order valence-corrected chi connectivity index (χ3v) is 4.60. The summed E-state index contributed by atoms with van der Waals surface area (Å²) in [6, 6.07) is 3.51. The van der Waals surface area contributed by atoms with E-state index in [1.54, 1.807) is 6.26 Å². The summed E-state index contributed by atoms with van der Waals surface area (Å²) in [7, 11) is 0. The summed E-state index contributed by atoms with van der Waals surface area (Å²) < 4.78 is 10.8. The Bertz CT molecular complexity index is 546. The Labute approximate surface area is 141 Å². The Kier molecular flexibility index (Phi) is 5.52. The number of amides is 2. The lowest BCUT2D eigenvalue weighted by atomic mass is 10.2. The van der Waals surface area contributed by atoms with Crippen LogP contribution in [0.3, 0.4) is 0 Å². The van der Waals surface area contributed by atoms with Crippen molar-refractivity contribution in [3.8, 4) is 0 Å². The normalized spacial score (nSPS) is 23.2. The van der Waals surface area contributed by atoms with Crippen molar-refractivity contribution in [2.75, 3.05) is 39.3 Å². The van der Waals surface area contributed by atoms with Crippen LogP contribution in [0.4, 0.5) is 0 Å². The van der Waals surface area contributed by atoms with Gasteiger partial charge in [-0.15, -0.1) is 0 Å². The number of nitrogens with zero attached hydrogens (tertiary/aromatic N) is 2. The van der Waals surface area contributed by atoms with Gasteiger partial charge in [0, 0.05) is 32.8 Å². The zero-order valence-electron chi connectivity index (χ0n) is 14.1. The largest absolute Gasteiger partial charge is 0.467 e. The van der Waals surface area contributed by atoms with Gasteiger partial charge in [-0.3, -0.25) is 14.5 Å². The van der Waals surface area contributed by atoms with Crippen molar-refractivity contribution in [3.05, 3.63) is 24.2 Å². The molecule has 7 nitrogen and oxygen atoms in total. The number of rotatable bonds is 5. The van der Waals surface area contributed by atoms with Crippen molar-refractivity contribution >= 4 is 11.8 Å². The summed E-state index contributed by atoms with van der Waals surface area (Å²) in [5.41, 5.74) is 0. The van der Waals surface area contributed by atoms with Gasteiger partial charge >= 0.3 is 0 Å². The molecular weight excluding hydrogens is 310 g/mol. The standard InChI is InChI=1S/C17H25N3O4/c1-13(14-4-2-10-23-14)18-16(21)12-19-6-8-20(9-7-19)17(22)15-5-3-11-24-15/h2,4,10,13,15H,3,5-9,11-12H2,1H3,(H,18,21). The second-order valence-corrected chi connectivity index (χ2v) is 6.41. The molecule has 2 amide bonds. The maximum Gasteiger partial charge on any atom is 0.251 e. The number of carbonyl (C=O) groups is 2. The lowest BCUT2D eigenvalue weighted by Gasteiger charge is -2.35. The average molecular weight is 335 g/mol. The molecule has 3 rings (SSSR count). The van der Waals surface area contributed by atoms with Gasteiger partial charge in [0.15, 0.2) is 0 Å². The quantitative estimate of drug-likeness (QED) is 0.861. The molecule has 1 aromatic heterocycles. The number of piperazine rings is 1. The molecule has 7 heteroatoms. The molecule has 0 aromatic carbocycles. The van der Waals surface area contributed by atoms with Gasteiger partial charge in [-0.05, 0) is 31.9 Å². The fourth-order valence-electron chi connectivity index (χ4n) is 3.20. The lowest BCUT2D eigenvalue weighted by molar-refractivity contribution is -0.142. The topological polar surface area (TPSA) is 75.0 Å². The van der Waals surface area contributed by atoms with Gasteiger partial charge in [-0.2, -0.15) is 0 Å². The minimum absolute atomic E-state index is 0.0298. The van der Waals surface area contributed by atoms with E-state index in [0.29, 0.717) is 39.3 Å². The number of hydrogen-bond donors (Lipinski definition) is 1. The van der Waals surface area contributed by atoms with E-state index in [9.17, 15) is 9.59 Å². The number of nitrogens with one attached hydrogen (secondary N) is 1. The van der Waals surface area contributed by atoms with Crippen molar-refractivity contribution in [2.24, 2.45) is 0 Å². The van der Waals surface area contributed by atoms with Crippen LogP contribution in [-0.2, 0) is 14.3 Å². The molecule has 1 N–H and O–H groups in total. The number of hydrogen-bond acceptors (Lipinski definition) is 5. The smallest absolute Gasteiger partial charge is 0.251 e. The van der Waals surface area contributed by atoms with Crippen LogP contribution in [0.5, 0.6) is 0 Å². The number of ether oxygens (including phenoxy) is 1. The average Bonchev–Trinajstić information content (AvgIpc) is 3.28. The Morgan fingerprint density at radius 1 is 1.33 bits per heavy atom. The van der Waals surface area contributed by atoms with Crippen molar-refractivity contribution in [1.82, 2.24) is 15.1 Å². The molecule has 0 saturated carbocycles. The molecule has 2 aliphatic heterocycles. The van der Waals surface area contributed by atoms with E-state index in [1.807, 2.05) is 24.0 Å². The van der Waals surface area contributed by atoms with Crippen molar-refractivity contribution in [3.63, 3.8) is 0 Å². The molecule has 0 spiro atoms. The molecule has 2 atom stereocenters. The molecule has 0 radical (unpaired) electrons. The van der Waals surface area contributed by atoms with Gasteiger partial charge < -0.3 is 19.4 Å². The van der Waals surface area contributed by atoms with E-state index < -0.39 is 0 Å². The highest BCUT2D eigenvalue weighted by atomic mass is 16.5. The minimum atomic E-state index is -0.256. The van der Waals surface area contributed by atoms with Gasteiger partial charge in [0.2, 0.25) is 5.91 Å². The van der Waals surface area contributed by atoms with Crippen molar-refractivity contribution in [2.45, 2.75) is 31.9 Å². The third-order valence-electron chi connectivity index (χ3n) is 4.60. The van der Waals surface area contributed by atoms with Crippen LogP contribution in [0.25, 0.3) is 0 Å². The van der Waals surface area contributed by atoms with E-state index in [4.69, 9.17) is 9.15 Å². The molecule has 2 fully saturated rings. The van der Waals surface area contributed by atoms with E-state index >= 15 is 0 Å². The molecule has 132 valence electrons. The summed E-state index contributed by atoms with van der Waals surface area (Å²) in [5, 5.41) is 2.93. The third kappa shape index (κ3) is 4.15. The molecule has 2 unspecified atom stereocenters. The fraction of sp³-hybridized carbons (Fsp3) is 0.647. The molecule has 2 saturated heterocycles. The second-order valence-electron chi connectivity index (χ2n) is 6.41. The number of furan rings is 1. The maximum atomic E-state index is 12.3. The molecule has 3 heterocycles. The molecule has 2 aliphatic rings. The van der Waals surface area contributed by atoms with Gasteiger partial charge in [0.1, 0.15) is 11.9 Å². The highest BCUT2D eigenvalue weighted by Crippen LogP contribution is 2.16. The Morgan fingerprint density at radius 2 is 2.12 bits per heavy atom. The Balaban J connectivity index is 1.40. The summed E-state index contributed by atoms with van der Waals surface area (Å²) in [4.78, 5) is 28.4. The van der Waals surface area contributed by atoms with Gasteiger partial charge in [0.05, 0.1) is 18.8 Å². The summed E-state index contributed by atoms with van der Waals surface area (Å²) in [6.45, 7) is 5.65. The summed E-state index contributed by atoms with van der Waals surface area (Å²) in [6.07, 6.45) is 3.13. The molecule has 24 heavy (non-hydrogen) atoms. The summed E-state index contributed by atoms with van der Waals surface area (Å²) >= 11 is 0. The van der Waals surface area contributed by atoms with Crippen LogP contribution >= 0.6 is 0 Å². The monoisotopic (exact) mass is 335 g/mol. The zero-order valence-corrected chi connectivity index (χ0v) is 14.1. The van der Waals surface area contributed by atoms with E-state index in [1.165, 1.54) is 0 Å². The molecule has 0 bridgehead atoms. The van der Waals surface area contributed by atoms with Crippen LogP contribution in [0, 0.1) is 0 Å².